The first-order valence-electron chi connectivity index (χ1n) is 9.05. The van der Waals surface area contributed by atoms with Gasteiger partial charge in [-0.15, -0.1) is 0 Å². The predicted octanol–water partition coefficient (Wildman–Crippen LogP) is 4.30. The number of imidazole rings is 1. The molecule has 0 saturated heterocycles. The molecule has 30 heavy (non-hydrogen) atoms. The van der Waals surface area contributed by atoms with Crippen LogP contribution in [0.3, 0.4) is 0 Å². The summed E-state index contributed by atoms with van der Waals surface area (Å²) in [6, 6.07) is 23.1. The van der Waals surface area contributed by atoms with Crippen LogP contribution in [0.4, 0.5) is 0 Å². The van der Waals surface area contributed by atoms with Gasteiger partial charge in [0.25, 0.3) is 0 Å². The molecule has 0 N–H and O–H groups in total. The van der Waals surface area contributed by atoms with Gasteiger partial charge in [0.15, 0.2) is 0 Å². The van der Waals surface area contributed by atoms with Crippen LogP contribution in [0.5, 0.6) is 0 Å². The second kappa shape index (κ2) is 10.8. The molecule has 0 aliphatic heterocycles. The molecule has 0 amide bonds. The topological polar surface area (TPSA) is 78.5 Å². The zero-order valence-electron chi connectivity index (χ0n) is 15.9. The smallest absolute Gasteiger partial charge is 0.441 e. The van der Waals surface area contributed by atoms with Gasteiger partial charge in [0.05, 0.1) is 28.5 Å². The molecule has 7 heteroatoms. The fourth-order valence-corrected chi connectivity index (χ4v) is 2.62. The van der Waals surface area contributed by atoms with Gasteiger partial charge in [0.1, 0.15) is 0 Å². The molecule has 0 aliphatic rings. The molecule has 0 aliphatic carbocycles. The molecule has 0 aromatic carbocycles. The minimum Gasteiger partial charge on any atom is -0.441 e. The first-order chi connectivity index (χ1) is 14.4. The van der Waals surface area contributed by atoms with E-state index in [0.717, 1.165) is 28.5 Å². The minimum absolute atomic E-state index is 0. The SMILES string of the molecule is [Ru+].c1ccc(-c2cccc(-c3ncc[n-]3)n2)nc1.c1ccc(-c2ccccn2)nc1. The van der Waals surface area contributed by atoms with Crippen molar-refractivity contribution < 1.29 is 19.5 Å². The van der Waals surface area contributed by atoms with Crippen LogP contribution >= 0.6 is 0 Å². The van der Waals surface area contributed by atoms with Crippen molar-refractivity contribution in [2.45, 2.75) is 0 Å². The molecule has 6 nitrogen and oxygen atoms in total. The Bertz CT molecular complexity index is 1100. The van der Waals surface area contributed by atoms with Gasteiger partial charge in [0, 0.05) is 18.6 Å². The summed E-state index contributed by atoms with van der Waals surface area (Å²) in [4.78, 5) is 25.4. The third-order valence-corrected chi connectivity index (χ3v) is 3.96. The number of pyridine rings is 4. The molecule has 5 aromatic heterocycles. The van der Waals surface area contributed by atoms with Crippen LogP contribution in [0.2, 0.25) is 0 Å². The molecule has 0 fully saturated rings. The third-order valence-electron chi connectivity index (χ3n) is 3.96. The zero-order chi connectivity index (χ0) is 19.7. The van der Waals surface area contributed by atoms with Crippen LogP contribution in [-0.2, 0) is 19.5 Å². The minimum atomic E-state index is 0. The predicted molar refractivity (Wildman–Crippen MR) is 111 cm³/mol. The summed E-state index contributed by atoms with van der Waals surface area (Å²) < 4.78 is 0. The van der Waals surface area contributed by atoms with E-state index in [1.165, 1.54) is 0 Å². The molecular formula is C23H17N6Ru. The summed E-state index contributed by atoms with van der Waals surface area (Å²) in [5, 5.41) is 0. The van der Waals surface area contributed by atoms with Gasteiger partial charge >= 0.3 is 19.5 Å². The van der Waals surface area contributed by atoms with Crippen molar-refractivity contribution in [2.24, 2.45) is 0 Å². The van der Waals surface area contributed by atoms with Crippen LogP contribution in [0.25, 0.3) is 34.3 Å². The van der Waals surface area contributed by atoms with Crippen LogP contribution in [0.1, 0.15) is 0 Å². The van der Waals surface area contributed by atoms with Crippen molar-refractivity contribution in [1.82, 2.24) is 29.9 Å². The number of aromatic nitrogens is 6. The summed E-state index contributed by atoms with van der Waals surface area (Å²) in [6.07, 6.45) is 8.60. The van der Waals surface area contributed by atoms with E-state index in [-0.39, 0.29) is 19.5 Å². The van der Waals surface area contributed by atoms with Crippen LogP contribution < -0.4 is 4.98 Å². The number of hydrogen-bond donors (Lipinski definition) is 0. The molecule has 0 bridgehead atoms. The van der Waals surface area contributed by atoms with Gasteiger partial charge in [-0.3, -0.25) is 15.0 Å². The van der Waals surface area contributed by atoms with Gasteiger partial charge in [0.2, 0.25) is 0 Å². The Balaban J connectivity index is 0.000000175. The second-order valence-corrected chi connectivity index (χ2v) is 5.93. The molecule has 5 aromatic rings. The van der Waals surface area contributed by atoms with Crippen molar-refractivity contribution in [3.63, 3.8) is 0 Å². The van der Waals surface area contributed by atoms with Crippen molar-refractivity contribution in [1.29, 1.82) is 0 Å². The van der Waals surface area contributed by atoms with Crippen molar-refractivity contribution in [3.8, 4) is 34.3 Å². The van der Waals surface area contributed by atoms with Gasteiger partial charge in [-0.05, 0) is 54.4 Å². The molecule has 1 radical (unpaired) electrons. The Hall–Kier alpha value is -3.57. The number of rotatable bonds is 3. The third kappa shape index (κ3) is 5.49. The number of nitrogens with zero attached hydrogens (tertiary/aromatic N) is 6. The average Bonchev–Trinajstić information content (AvgIpc) is 3.37. The normalized spacial score (nSPS) is 9.73. The van der Waals surface area contributed by atoms with Gasteiger partial charge < -0.3 is 9.97 Å². The monoisotopic (exact) mass is 479 g/mol. The number of hydrogen-bond acceptors (Lipinski definition) is 5. The standard InChI is InChI=1S/C13H9N4.C10H8N2.Ru/c1-2-7-14-10(4-1)11-5-3-6-12(17-11)13-15-8-9-16-13;1-3-7-11-9(5-1)10-6-2-4-8-12-10;/h1-9H;1-8H;/q-1;;+1. The molecule has 0 spiro atoms. The summed E-state index contributed by atoms with van der Waals surface area (Å²) in [5.41, 5.74) is 4.27. The van der Waals surface area contributed by atoms with Gasteiger partial charge in [-0.2, -0.15) is 0 Å². The van der Waals surface area contributed by atoms with Crippen LogP contribution in [0, 0.1) is 0 Å². The fourth-order valence-electron chi connectivity index (χ4n) is 2.62. The van der Waals surface area contributed by atoms with E-state index in [2.05, 4.69) is 29.9 Å². The molecule has 5 rings (SSSR count). The van der Waals surface area contributed by atoms with E-state index in [1.807, 2.05) is 72.8 Å². The van der Waals surface area contributed by atoms with Gasteiger partial charge in [-0.25, -0.2) is 4.98 Å². The van der Waals surface area contributed by atoms with E-state index in [1.54, 1.807) is 31.0 Å². The molecular weight excluding hydrogens is 461 g/mol. The Morgan fingerprint density at radius 1 is 0.467 bits per heavy atom. The quantitative estimate of drug-likeness (QED) is 0.360. The Labute approximate surface area is 187 Å². The summed E-state index contributed by atoms with van der Waals surface area (Å²) >= 11 is 0. The Morgan fingerprint density at radius 2 is 0.967 bits per heavy atom. The first kappa shape index (κ1) is 21.1. The maximum absolute atomic E-state index is 4.50. The van der Waals surface area contributed by atoms with Crippen molar-refractivity contribution in [2.75, 3.05) is 0 Å². The maximum atomic E-state index is 4.50. The molecule has 5 heterocycles. The van der Waals surface area contributed by atoms with Gasteiger partial charge in [-0.1, -0.05) is 36.7 Å². The van der Waals surface area contributed by atoms with E-state index in [0.29, 0.717) is 5.82 Å². The summed E-state index contributed by atoms with van der Waals surface area (Å²) in [7, 11) is 0. The van der Waals surface area contributed by atoms with Crippen LogP contribution in [-0.4, -0.2) is 24.9 Å². The van der Waals surface area contributed by atoms with E-state index in [9.17, 15) is 0 Å². The average molecular weight is 479 g/mol. The molecule has 0 atom stereocenters. The van der Waals surface area contributed by atoms with E-state index >= 15 is 0 Å². The van der Waals surface area contributed by atoms with Crippen molar-refractivity contribution >= 4 is 0 Å². The molecule has 0 saturated carbocycles. The zero-order valence-corrected chi connectivity index (χ0v) is 17.6. The Morgan fingerprint density at radius 3 is 1.43 bits per heavy atom. The largest absolute Gasteiger partial charge is 1.00 e. The first-order valence-corrected chi connectivity index (χ1v) is 9.05. The Kier molecular flexibility index (Phi) is 7.64. The second-order valence-electron chi connectivity index (χ2n) is 5.93. The summed E-state index contributed by atoms with van der Waals surface area (Å²) in [6.45, 7) is 0. The maximum Gasteiger partial charge on any atom is 1.00 e. The van der Waals surface area contributed by atoms with Crippen molar-refractivity contribution in [3.05, 3.63) is 104 Å². The molecule has 0 unspecified atom stereocenters. The van der Waals surface area contributed by atoms with E-state index < -0.39 is 0 Å². The summed E-state index contributed by atoms with van der Waals surface area (Å²) in [5.74, 6) is 0.641. The van der Waals surface area contributed by atoms with Crippen LogP contribution in [0.15, 0.2) is 104 Å². The molecule has 147 valence electrons. The van der Waals surface area contributed by atoms with E-state index in [4.69, 9.17) is 0 Å². The fraction of sp³-hybridized carbons (Fsp3) is 0.